The molecule has 4 nitrogen and oxygen atoms in total. The molecule has 0 bridgehead atoms. The van der Waals surface area contributed by atoms with Crippen molar-refractivity contribution in [3.05, 3.63) is 48.5 Å². The second-order valence-corrected chi connectivity index (χ2v) is 3.50. The van der Waals surface area contributed by atoms with Crippen molar-refractivity contribution in [1.29, 1.82) is 0 Å². The Morgan fingerprint density at radius 3 is 2.94 bits per heavy atom. The van der Waals surface area contributed by atoms with Crippen LogP contribution in [0.15, 0.2) is 47.2 Å². The highest BCUT2D eigenvalue weighted by Gasteiger charge is 2.10. The Hall–Kier alpha value is -2.43. The number of hydrogen-bond donors (Lipinski definition) is 1. The first-order valence-electron chi connectivity index (χ1n) is 5.05. The zero-order chi connectivity index (χ0) is 11.7. The number of hydrogen-bond acceptors (Lipinski definition) is 4. The van der Waals surface area contributed by atoms with Crippen molar-refractivity contribution in [3.63, 3.8) is 0 Å². The molecule has 1 N–H and O–H groups in total. The maximum absolute atomic E-state index is 13.7. The van der Waals surface area contributed by atoms with Gasteiger partial charge in [-0.25, -0.2) is 9.37 Å². The summed E-state index contributed by atoms with van der Waals surface area (Å²) < 4.78 is 18.7. The van der Waals surface area contributed by atoms with Crippen LogP contribution in [0, 0.1) is 5.82 Å². The quantitative estimate of drug-likeness (QED) is 0.733. The van der Waals surface area contributed by atoms with Gasteiger partial charge >= 0.3 is 0 Å². The van der Waals surface area contributed by atoms with Crippen molar-refractivity contribution in [2.24, 2.45) is 0 Å². The van der Waals surface area contributed by atoms with Gasteiger partial charge < -0.3 is 9.84 Å². The van der Waals surface area contributed by atoms with E-state index in [1.807, 2.05) is 6.07 Å². The second-order valence-electron chi connectivity index (χ2n) is 3.50. The van der Waals surface area contributed by atoms with Gasteiger partial charge in [0, 0.05) is 6.20 Å². The molecule has 0 unspecified atom stereocenters. The highest BCUT2D eigenvalue weighted by Crippen LogP contribution is 2.28. The smallest absolute Gasteiger partial charge is 0.169 e. The van der Waals surface area contributed by atoms with E-state index < -0.39 is 0 Å². The summed E-state index contributed by atoms with van der Waals surface area (Å²) in [5.41, 5.74) is 0.854. The Bertz CT molecular complexity index is 651. The lowest BCUT2D eigenvalue weighted by Crippen LogP contribution is -1.95. The molecular weight excluding hydrogens is 221 g/mol. The van der Waals surface area contributed by atoms with Gasteiger partial charge in [0.05, 0.1) is 17.3 Å². The number of benzene rings is 1. The number of pyridine rings is 1. The Morgan fingerprint density at radius 1 is 1.18 bits per heavy atom. The van der Waals surface area contributed by atoms with Crippen LogP contribution in [-0.2, 0) is 0 Å². The lowest BCUT2D eigenvalue weighted by atomic mass is 10.2. The van der Waals surface area contributed by atoms with E-state index in [9.17, 15) is 4.39 Å². The van der Waals surface area contributed by atoms with Crippen LogP contribution in [0.1, 0.15) is 0 Å². The van der Waals surface area contributed by atoms with Gasteiger partial charge in [-0.05, 0) is 24.3 Å². The summed E-state index contributed by atoms with van der Waals surface area (Å²) in [6.45, 7) is 0. The first kappa shape index (κ1) is 9.77. The van der Waals surface area contributed by atoms with Gasteiger partial charge in [-0.15, -0.1) is 0 Å². The molecule has 0 saturated heterocycles. The Morgan fingerprint density at radius 2 is 2.12 bits per heavy atom. The normalized spacial score (nSPS) is 10.6. The SMILES string of the molecule is Fc1ccc2oncc2c1Nc1ccccn1. The molecule has 2 aromatic heterocycles. The maximum atomic E-state index is 13.7. The van der Waals surface area contributed by atoms with E-state index in [4.69, 9.17) is 4.52 Å². The van der Waals surface area contributed by atoms with Crippen LogP contribution in [0.4, 0.5) is 15.9 Å². The van der Waals surface area contributed by atoms with Gasteiger partial charge in [-0.3, -0.25) is 0 Å². The number of fused-ring (bicyclic) bond motifs is 1. The summed E-state index contributed by atoms with van der Waals surface area (Å²) >= 11 is 0. The molecule has 1 aromatic carbocycles. The summed E-state index contributed by atoms with van der Waals surface area (Å²) in [6, 6.07) is 8.24. The van der Waals surface area contributed by atoms with E-state index in [2.05, 4.69) is 15.5 Å². The molecule has 0 amide bonds. The molecule has 0 saturated carbocycles. The van der Waals surface area contributed by atoms with E-state index >= 15 is 0 Å². The molecule has 0 aliphatic carbocycles. The highest BCUT2D eigenvalue weighted by atomic mass is 19.1. The van der Waals surface area contributed by atoms with Gasteiger partial charge in [0.15, 0.2) is 5.58 Å². The molecule has 0 aliphatic rings. The van der Waals surface area contributed by atoms with Crippen molar-refractivity contribution >= 4 is 22.5 Å². The van der Waals surface area contributed by atoms with Crippen LogP contribution in [-0.4, -0.2) is 10.1 Å². The maximum Gasteiger partial charge on any atom is 0.169 e. The van der Waals surface area contributed by atoms with Crippen LogP contribution >= 0.6 is 0 Å². The first-order valence-corrected chi connectivity index (χ1v) is 5.05. The van der Waals surface area contributed by atoms with Crippen molar-refractivity contribution in [1.82, 2.24) is 10.1 Å². The summed E-state index contributed by atoms with van der Waals surface area (Å²) in [7, 11) is 0. The highest BCUT2D eigenvalue weighted by molar-refractivity contribution is 5.91. The van der Waals surface area contributed by atoms with E-state index in [1.54, 1.807) is 24.4 Å². The molecule has 0 radical (unpaired) electrons. The number of nitrogens with one attached hydrogen (secondary N) is 1. The molecular formula is C12H8FN3O. The zero-order valence-corrected chi connectivity index (χ0v) is 8.72. The molecule has 0 fully saturated rings. The van der Waals surface area contributed by atoms with Gasteiger partial charge in [0.1, 0.15) is 11.6 Å². The standard InChI is InChI=1S/C12H8FN3O/c13-9-4-5-10-8(7-15-17-10)12(9)16-11-3-1-2-6-14-11/h1-7H,(H,14,16). The van der Waals surface area contributed by atoms with E-state index in [0.29, 0.717) is 22.5 Å². The molecule has 17 heavy (non-hydrogen) atoms. The summed E-state index contributed by atoms with van der Waals surface area (Å²) in [4.78, 5) is 4.08. The van der Waals surface area contributed by atoms with Gasteiger partial charge in [-0.2, -0.15) is 0 Å². The van der Waals surface area contributed by atoms with E-state index in [1.165, 1.54) is 12.3 Å². The van der Waals surface area contributed by atoms with Crippen LogP contribution in [0.2, 0.25) is 0 Å². The Kier molecular flexibility index (Phi) is 2.22. The fraction of sp³-hybridized carbons (Fsp3) is 0. The average molecular weight is 229 g/mol. The van der Waals surface area contributed by atoms with Crippen molar-refractivity contribution in [2.75, 3.05) is 5.32 Å². The number of rotatable bonds is 2. The summed E-state index contributed by atoms with van der Waals surface area (Å²) in [5, 5.41) is 7.15. The largest absolute Gasteiger partial charge is 0.356 e. The number of anilines is 2. The van der Waals surface area contributed by atoms with Crippen LogP contribution in [0.25, 0.3) is 11.0 Å². The second kappa shape index (κ2) is 3.86. The third-order valence-corrected chi connectivity index (χ3v) is 2.41. The lowest BCUT2D eigenvalue weighted by molar-refractivity contribution is 0.456. The Balaban J connectivity index is 2.10. The van der Waals surface area contributed by atoms with Crippen LogP contribution in [0.5, 0.6) is 0 Å². The van der Waals surface area contributed by atoms with Gasteiger partial charge in [0.2, 0.25) is 0 Å². The monoisotopic (exact) mass is 229 g/mol. The lowest BCUT2D eigenvalue weighted by Gasteiger charge is -2.06. The Labute approximate surface area is 96.1 Å². The van der Waals surface area contributed by atoms with Crippen LogP contribution in [0.3, 0.4) is 0 Å². The van der Waals surface area contributed by atoms with E-state index in [-0.39, 0.29) is 5.82 Å². The number of halogens is 1. The van der Waals surface area contributed by atoms with Crippen molar-refractivity contribution < 1.29 is 8.91 Å². The minimum absolute atomic E-state index is 0.322. The zero-order valence-electron chi connectivity index (χ0n) is 8.72. The predicted molar refractivity (Wildman–Crippen MR) is 61.5 cm³/mol. The molecule has 0 atom stereocenters. The fourth-order valence-corrected chi connectivity index (χ4v) is 1.61. The minimum Gasteiger partial charge on any atom is -0.356 e. The van der Waals surface area contributed by atoms with Gasteiger partial charge in [0.25, 0.3) is 0 Å². The first-order chi connectivity index (χ1) is 8.34. The number of nitrogens with zero attached hydrogens (tertiary/aromatic N) is 2. The van der Waals surface area contributed by atoms with Gasteiger partial charge in [-0.1, -0.05) is 11.2 Å². The molecule has 3 rings (SSSR count). The third-order valence-electron chi connectivity index (χ3n) is 2.41. The number of aromatic nitrogens is 2. The molecule has 84 valence electrons. The van der Waals surface area contributed by atoms with E-state index in [0.717, 1.165) is 0 Å². The third kappa shape index (κ3) is 1.71. The molecule has 0 spiro atoms. The minimum atomic E-state index is -0.369. The molecule has 2 heterocycles. The molecule has 5 heteroatoms. The van der Waals surface area contributed by atoms with Crippen molar-refractivity contribution in [3.8, 4) is 0 Å². The van der Waals surface area contributed by atoms with Crippen molar-refractivity contribution in [2.45, 2.75) is 0 Å². The molecule has 3 aromatic rings. The van der Waals surface area contributed by atoms with Crippen LogP contribution < -0.4 is 5.32 Å². The summed E-state index contributed by atoms with van der Waals surface area (Å²) in [6.07, 6.45) is 3.11. The fourth-order valence-electron chi connectivity index (χ4n) is 1.61. The molecule has 0 aliphatic heterocycles. The summed E-state index contributed by atoms with van der Waals surface area (Å²) in [5.74, 6) is 0.200. The predicted octanol–water partition coefficient (Wildman–Crippen LogP) is 3.11. The topological polar surface area (TPSA) is 51.0 Å². The average Bonchev–Trinajstić information content (AvgIpc) is 2.83.